The van der Waals surface area contributed by atoms with E-state index in [0.29, 0.717) is 5.92 Å². The summed E-state index contributed by atoms with van der Waals surface area (Å²) in [4.78, 5) is 2.63. The van der Waals surface area contributed by atoms with Gasteiger partial charge in [-0.2, -0.15) is 0 Å². The van der Waals surface area contributed by atoms with Crippen molar-refractivity contribution in [3.63, 3.8) is 0 Å². The van der Waals surface area contributed by atoms with Crippen LogP contribution in [0.5, 0.6) is 5.75 Å². The molecule has 2 atom stereocenters. The van der Waals surface area contributed by atoms with Crippen molar-refractivity contribution in [1.29, 1.82) is 0 Å². The zero-order valence-corrected chi connectivity index (χ0v) is 21.4. The topological polar surface area (TPSA) is 12.5 Å². The Morgan fingerprint density at radius 3 is 2.39 bits per heavy atom. The maximum Gasteiger partial charge on any atom is 0.118 e. The van der Waals surface area contributed by atoms with Gasteiger partial charge in [-0.3, -0.25) is 0 Å². The highest BCUT2D eigenvalue weighted by Gasteiger charge is 2.17. The van der Waals surface area contributed by atoms with E-state index in [-0.39, 0.29) is 0 Å². The SMILES string of the molecule is CC/C=C\C=C/CC(C)c1ccccc1.CCC1CCCN(CCc2ccc(OC)cc2)C1. The van der Waals surface area contributed by atoms with Gasteiger partial charge in [0.25, 0.3) is 0 Å². The van der Waals surface area contributed by atoms with Crippen LogP contribution < -0.4 is 4.74 Å². The average molecular weight is 448 g/mol. The minimum Gasteiger partial charge on any atom is -0.497 e. The van der Waals surface area contributed by atoms with Crippen molar-refractivity contribution >= 4 is 0 Å². The van der Waals surface area contributed by atoms with E-state index >= 15 is 0 Å². The van der Waals surface area contributed by atoms with E-state index in [1.165, 1.54) is 50.0 Å². The number of hydrogen-bond acceptors (Lipinski definition) is 2. The standard InChI is InChI=1S/C16H25NO.C15H20/c1-3-14-5-4-11-17(13-14)12-10-15-6-8-16(18-2)9-7-15;1-3-4-5-6-8-11-14(2)15-12-9-7-10-13-15/h6-9,14H,3-5,10-13H2,1-2H3;4-10,12-14H,3,11H2,1-2H3/b;5-4-,8-6-. The quantitative estimate of drug-likeness (QED) is 0.341. The van der Waals surface area contributed by atoms with E-state index in [2.05, 4.69) is 105 Å². The van der Waals surface area contributed by atoms with Crippen LogP contribution in [-0.4, -0.2) is 31.6 Å². The Kier molecular flexibility index (Phi) is 13.3. The largest absolute Gasteiger partial charge is 0.497 e. The molecule has 0 radical (unpaired) electrons. The first-order valence-electron chi connectivity index (χ1n) is 12.9. The first-order chi connectivity index (χ1) is 16.2. The molecule has 0 N–H and O–H groups in total. The lowest BCUT2D eigenvalue weighted by Crippen LogP contribution is -2.36. The molecule has 1 saturated heterocycles. The van der Waals surface area contributed by atoms with E-state index < -0.39 is 0 Å². The van der Waals surface area contributed by atoms with Crippen molar-refractivity contribution < 1.29 is 4.74 Å². The predicted octanol–water partition coefficient (Wildman–Crippen LogP) is 8.06. The van der Waals surface area contributed by atoms with Gasteiger partial charge in [0, 0.05) is 13.1 Å². The third-order valence-corrected chi connectivity index (χ3v) is 6.53. The van der Waals surface area contributed by atoms with Crippen LogP contribution in [0, 0.1) is 5.92 Å². The van der Waals surface area contributed by atoms with E-state index in [1.807, 2.05) is 0 Å². The highest BCUT2D eigenvalue weighted by molar-refractivity contribution is 5.27. The van der Waals surface area contributed by atoms with Crippen LogP contribution in [0.3, 0.4) is 0 Å². The highest BCUT2D eigenvalue weighted by Crippen LogP contribution is 2.20. The molecule has 33 heavy (non-hydrogen) atoms. The van der Waals surface area contributed by atoms with E-state index in [0.717, 1.165) is 30.9 Å². The zero-order chi connectivity index (χ0) is 23.7. The van der Waals surface area contributed by atoms with E-state index in [9.17, 15) is 0 Å². The molecular formula is C31H45NO. The smallest absolute Gasteiger partial charge is 0.118 e. The number of methoxy groups -OCH3 is 1. The van der Waals surface area contributed by atoms with E-state index in [1.54, 1.807) is 7.11 Å². The van der Waals surface area contributed by atoms with Crippen molar-refractivity contribution in [3.8, 4) is 5.75 Å². The van der Waals surface area contributed by atoms with Gasteiger partial charge in [-0.1, -0.05) is 94.0 Å². The van der Waals surface area contributed by atoms with Gasteiger partial charge >= 0.3 is 0 Å². The molecular weight excluding hydrogens is 402 g/mol. The molecule has 1 aliphatic rings. The normalized spacial score (nSPS) is 17.6. The summed E-state index contributed by atoms with van der Waals surface area (Å²) in [5.41, 5.74) is 2.83. The van der Waals surface area contributed by atoms with Gasteiger partial charge in [0.2, 0.25) is 0 Å². The Hall–Kier alpha value is -2.32. The molecule has 0 amide bonds. The number of likely N-dealkylation sites (tertiary alicyclic amines) is 1. The average Bonchev–Trinajstić information content (AvgIpc) is 2.88. The molecule has 180 valence electrons. The Morgan fingerprint density at radius 1 is 1.00 bits per heavy atom. The minimum absolute atomic E-state index is 0.609. The summed E-state index contributed by atoms with van der Waals surface area (Å²) in [7, 11) is 1.72. The fourth-order valence-electron chi connectivity index (χ4n) is 4.26. The van der Waals surface area contributed by atoms with Gasteiger partial charge in [0.1, 0.15) is 5.75 Å². The maximum atomic E-state index is 5.18. The molecule has 0 aliphatic carbocycles. The Morgan fingerprint density at radius 2 is 1.73 bits per heavy atom. The van der Waals surface area contributed by atoms with Gasteiger partial charge in [0.05, 0.1) is 7.11 Å². The second kappa shape index (κ2) is 16.3. The number of rotatable bonds is 10. The fourth-order valence-corrected chi connectivity index (χ4v) is 4.26. The third kappa shape index (κ3) is 10.9. The summed E-state index contributed by atoms with van der Waals surface area (Å²) in [5.74, 6) is 2.48. The van der Waals surface area contributed by atoms with Crippen LogP contribution in [0.2, 0.25) is 0 Å². The van der Waals surface area contributed by atoms with Crippen molar-refractivity contribution in [3.05, 3.63) is 90.0 Å². The molecule has 2 aromatic rings. The third-order valence-electron chi connectivity index (χ3n) is 6.53. The molecule has 2 unspecified atom stereocenters. The monoisotopic (exact) mass is 447 g/mol. The van der Waals surface area contributed by atoms with E-state index in [4.69, 9.17) is 4.74 Å². The lowest BCUT2D eigenvalue weighted by Gasteiger charge is -2.32. The summed E-state index contributed by atoms with van der Waals surface area (Å²) < 4.78 is 5.18. The highest BCUT2D eigenvalue weighted by atomic mass is 16.5. The van der Waals surface area contributed by atoms with Crippen LogP contribution in [0.1, 0.15) is 69.9 Å². The molecule has 2 heteroatoms. The summed E-state index contributed by atoms with van der Waals surface area (Å²) in [6.07, 6.45) is 16.2. The minimum atomic E-state index is 0.609. The molecule has 0 aromatic heterocycles. The summed E-state index contributed by atoms with van der Waals surface area (Å²) in [5, 5.41) is 0. The zero-order valence-electron chi connectivity index (χ0n) is 21.4. The fraction of sp³-hybridized carbons (Fsp3) is 0.484. The van der Waals surface area contributed by atoms with Crippen LogP contribution >= 0.6 is 0 Å². The van der Waals surface area contributed by atoms with Crippen molar-refractivity contribution in [2.75, 3.05) is 26.7 Å². The second-order valence-corrected chi connectivity index (χ2v) is 9.13. The first kappa shape index (κ1) is 26.9. The van der Waals surface area contributed by atoms with Crippen LogP contribution in [0.25, 0.3) is 0 Å². The summed E-state index contributed by atoms with van der Waals surface area (Å²) in [6, 6.07) is 19.1. The van der Waals surface area contributed by atoms with Gasteiger partial charge < -0.3 is 9.64 Å². The lowest BCUT2D eigenvalue weighted by molar-refractivity contribution is 0.173. The molecule has 0 spiro atoms. The van der Waals surface area contributed by atoms with Crippen molar-refractivity contribution in [1.82, 2.24) is 4.90 Å². The predicted molar refractivity (Wildman–Crippen MR) is 144 cm³/mol. The van der Waals surface area contributed by atoms with Gasteiger partial charge in [-0.05, 0) is 73.7 Å². The molecule has 1 heterocycles. The summed E-state index contributed by atoms with van der Waals surface area (Å²) in [6.45, 7) is 10.5. The van der Waals surface area contributed by atoms with Crippen LogP contribution in [-0.2, 0) is 6.42 Å². The maximum absolute atomic E-state index is 5.18. The van der Waals surface area contributed by atoms with Crippen LogP contribution in [0.4, 0.5) is 0 Å². The van der Waals surface area contributed by atoms with Gasteiger partial charge in [0.15, 0.2) is 0 Å². The first-order valence-corrected chi connectivity index (χ1v) is 12.9. The molecule has 0 saturated carbocycles. The van der Waals surface area contributed by atoms with Crippen LogP contribution in [0.15, 0.2) is 78.9 Å². The lowest BCUT2D eigenvalue weighted by atomic mass is 9.95. The number of hydrogen-bond donors (Lipinski definition) is 0. The number of ether oxygens (including phenoxy) is 1. The van der Waals surface area contributed by atoms with Crippen molar-refractivity contribution in [2.45, 2.75) is 65.2 Å². The Balaban J connectivity index is 0.000000238. The molecule has 2 aromatic carbocycles. The Labute approximate surface area is 203 Å². The molecule has 1 fully saturated rings. The number of nitrogens with zero attached hydrogens (tertiary/aromatic N) is 1. The second-order valence-electron chi connectivity index (χ2n) is 9.13. The number of allylic oxidation sites excluding steroid dienone is 4. The Bertz CT molecular complexity index is 793. The molecule has 3 rings (SSSR count). The molecule has 2 nitrogen and oxygen atoms in total. The summed E-state index contributed by atoms with van der Waals surface area (Å²) >= 11 is 0. The van der Waals surface area contributed by atoms with Gasteiger partial charge in [-0.15, -0.1) is 0 Å². The molecule has 1 aliphatic heterocycles. The number of piperidine rings is 1. The number of benzene rings is 2. The van der Waals surface area contributed by atoms with Crippen molar-refractivity contribution in [2.24, 2.45) is 5.92 Å². The van der Waals surface area contributed by atoms with Gasteiger partial charge in [-0.25, -0.2) is 0 Å². The molecule has 0 bridgehead atoms.